The minimum atomic E-state index is -0.268. The van der Waals surface area contributed by atoms with Gasteiger partial charge in [0, 0.05) is 5.56 Å². The number of benzene rings is 1. The van der Waals surface area contributed by atoms with Crippen molar-refractivity contribution in [2.24, 2.45) is 0 Å². The molecule has 2 nitrogen and oxygen atoms in total. The van der Waals surface area contributed by atoms with Crippen molar-refractivity contribution in [1.29, 1.82) is 0 Å². The van der Waals surface area contributed by atoms with Gasteiger partial charge >= 0.3 is 0 Å². The van der Waals surface area contributed by atoms with E-state index < -0.39 is 0 Å². The Bertz CT molecular complexity index is 438. The second-order valence-electron chi connectivity index (χ2n) is 5.28. The predicted octanol–water partition coefficient (Wildman–Crippen LogP) is 2.86. The van der Waals surface area contributed by atoms with Crippen molar-refractivity contribution in [3.8, 4) is 5.75 Å². The topological polar surface area (TPSA) is 21.8 Å². The van der Waals surface area contributed by atoms with Crippen LogP contribution in [0, 0.1) is 0 Å². The number of hydrogen-bond donors (Lipinski definition) is 0. The number of para-hydroxylation sites is 1. The van der Waals surface area contributed by atoms with E-state index in [1.165, 1.54) is 5.56 Å². The summed E-state index contributed by atoms with van der Waals surface area (Å²) in [7, 11) is 0. The summed E-state index contributed by atoms with van der Waals surface area (Å²) in [5.74, 6) is 0.958. The Morgan fingerprint density at radius 3 is 2.40 bits per heavy atom. The Hall–Kier alpha value is -1.02. The zero-order valence-electron chi connectivity index (χ0n) is 9.63. The third-order valence-electron chi connectivity index (χ3n) is 4.19. The van der Waals surface area contributed by atoms with Crippen LogP contribution in [-0.2, 0) is 10.3 Å². The van der Waals surface area contributed by atoms with Gasteiger partial charge in [0.15, 0.2) is 0 Å². The first-order chi connectivity index (χ1) is 6.91. The second kappa shape index (κ2) is 2.22. The molecule has 1 fully saturated rings. The van der Waals surface area contributed by atoms with Gasteiger partial charge in [0.1, 0.15) is 22.6 Å². The fourth-order valence-electron chi connectivity index (χ4n) is 2.71. The van der Waals surface area contributed by atoms with Crippen molar-refractivity contribution < 1.29 is 9.47 Å². The minimum Gasteiger partial charge on any atom is -0.484 e. The smallest absolute Gasteiger partial charge is 0.138 e. The molecule has 0 bridgehead atoms. The van der Waals surface area contributed by atoms with Crippen molar-refractivity contribution in [2.75, 3.05) is 0 Å². The molecule has 3 rings (SSSR count). The highest BCUT2D eigenvalue weighted by Gasteiger charge is 2.75. The van der Waals surface area contributed by atoms with Crippen LogP contribution in [0.3, 0.4) is 0 Å². The van der Waals surface area contributed by atoms with Crippen molar-refractivity contribution >= 4 is 0 Å². The molecule has 0 spiro atoms. The molecule has 1 aromatic carbocycles. The van der Waals surface area contributed by atoms with Gasteiger partial charge in [-0.05, 0) is 33.8 Å². The molecule has 0 N–H and O–H groups in total. The fourth-order valence-corrected chi connectivity index (χ4v) is 2.71. The molecule has 1 saturated heterocycles. The Labute approximate surface area is 90.2 Å². The Morgan fingerprint density at radius 2 is 1.67 bits per heavy atom. The summed E-state index contributed by atoms with van der Waals surface area (Å²) in [4.78, 5) is 0. The Balaban J connectivity index is 2.23. The van der Waals surface area contributed by atoms with E-state index in [-0.39, 0.29) is 16.8 Å². The van der Waals surface area contributed by atoms with Gasteiger partial charge in [0.05, 0.1) is 0 Å². The standard InChI is InChI=1S/C13H16O2/c1-11(2)13(4)12(3,15-13)9-7-5-6-8-10(9)14-11/h5-8H,1-4H3/t12-,13-/m0/s1. The van der Waals surface area contributed by atoms with Crippen LogP contribution in [0.4, 0.5) is 0 Å². The number of rotatable bonds is 0. The fraction of sp³-hybridized carbons (Fsp3) is 0.538. The molecule has 2 aliphatic heterocycles. The molecule has 0 saturated carbocycles. The first kappa shape index (κ1) is 9.22. The molecule has 0 aliphatic carbocycles. The number of fused-ring (bicyclic) bond motifs is 3. The van der Waals surface area contributed by atoms with Crippen LogP contribution in [0.5, 0.6) is 5.75 Å². The molecule has 2 atom stereocenters. The van der Waals surface area contributed by atoms with Gasteiger partial charge in [-0.1, -0.05) is 18.2 Å². The number of ether oxygens (including phenoxy) is 2. The summed E-state index contributed by atoms with van der Waals surface area (Å²) in [5.41, 5.74) is 0.530. The Kier molecular flexibility index (Phi) is 1.36. The molecular formula is C13H16O2. The summed E-state index contributed by atoms with van der Waals surface area (Å²) in [6.07, 6.45) is 0. The van der Waals surface area contributed by atoms with Crippen LogP contribution in [0.25, 0.3) is 0 Å². The van der Waals surface area contributed by atoms with Gasteiger partial charge in [-0.25, -0.2) is 0 Å². The lowest BCUT2D eigenvalue weighted by Gasteiger charge is -2.37. The molecule has 80 valence electrons. The molecule has 2 heterocycles. The van der Waals surface area contributed by atoms with E-state index in [9.17, 15) is 0 Å². The van der Waals surface area contributed by atoms with Gasteiger partial charge in [-0.15, -0.1) is 0 Å². The van der Waals surface area contributed by atoms with Crippen molar-refractivity contribution in [2.45, 2.75) is 44.5 Å². The second-order valence-corrected chi connectivity index (χ2v) is 5.28. The van der Waals surface area contributed by atoms with Gasteiger partial charge in [0.25, 0.3) is 0 Å². The van der Waals surface area contributed by atoms with E-state index in [0.29, 0.717) is 0 Å². The summed E-state index contributed by atoms with van der Waals surface area (Å²) < 4.78 is 12.0. The van der Waals surface area contributed by atoms with Crippen molar-refractivity contribution in [3.63, 3.8) is 0 Å². The lowest BCUT2D eigenvalue weighted by atomic mass is 9.76. The summed E-state index contributed by atoms with van der Waals surface area (Å²) in [6.45, 7) is 8.46. The normalized spacial score (nSPS) is 40.0. The van der Waals surface area contributed by atoms with E-state index in [4.69, 9.17) is 9.47 Å². The SMILES string of the molecule is CC1(C)Oc2ccccc2[C@]2(C)O[C@@]12C. The van der Waals surface area contributed by atoms with Gasteiger partial charge in [-0.2, -0.15) is 0 Å². The maximum Gasteiger partial charge on any atom is 0.138 e. The monoisotopic (exact) mass is 204 g/mol. The van der Waals surface area contributed by atoms with Crippen LogP contribution >= 0.6 is 0 Å². The van der Waals surface area contributed by atoms with E-state index in [2.05, 4.69) is 33.8 Å². The first-order valence-electron chi connectivity index (χ1n) is 5.39. The van der Waals surface area contributed by atoms with Crippen LogP contribution in [0.1, 0.15) is 33.3 Å². The predicted molar refractivity (Wildman–Crippen MR) is 58.0 cm³/mol. The quantitative estimate of drug-likeness (QED) is 0.606. The van der Waals surface area contributed by atoms with Crippen LogP contribution < -0.4 is 4.74 Å². The molecule has 2 heteroatoms. The molecular weight excluding hydrogens is 188 g/mol. The minimum absolute atomic E-state index is 0.175. The van der Waals surface area contributed by atoms with Gasteiger partial charge in [-0.3, -0.25) is 0 Å². The number of epoxide rings is 1. The van der Waals surface area contributed by atoms with Crippen LogP contribution in [0.2, 0.25) is 0 Å². The van der Waals surface area contributed by atoms with Crippen molar-refractivity contribution in [1.82, 2.24) is 0 Å². The lowest BCUT2D eigenvalue weighted by Crippen LogP contribution is -2.49. The summed E-state index contributed by atoms with van der Waals surface area (Å²) >= 11 is 0. The Morgan fingerprint density at radius 1 is 1.00 bits per heavy atom. The van der Waals surface area contributed by atoms with Crippen molar-refractivity contribution in [3.05, 3.63) is 29.8 Å². The molecule has 0 radical (unpaired) electrons. The average Bonchev–Trinajstić information content (AvgIpc) is 2.73. The zero-order valence-corrected chi connectivity index (χ0v) is 9.63. The molecule has 1 aromatic rings. The zero-order chi connectivity index (χ0) is 10.9. The summed E-state index contributed by atoms with van der Waals surface area (Å²) in [5, 5.41) is 0. The lowest BCUT2D eigenvalue weighted by molar-refractivity contribution is 0.0226. The van der Waals surface area contributed by atoms with Crippen LogP contribution in [0.15, 0.2) is 24.3 Å². The molecule has 0 amide bonds. The molecule has 0 unspecified atom stereocenters. The third-order valence-corrected chi connectivity index (χ3v) is 4.19. The molecule has 0 aromatic heterocycles. The maximum atomic E-state index is 6.02. The number of hydrogen-bond acceptors (Lipinski definition) is 2. The first-order valence-corrected chi connectivity index (χ1v) is 5.39. The third kappa shape index (κ3) is 0.847. The van der Waals surface area contributed by atoms with E-state index in [1.807, 2.05) is 18.2 Å². The van der Waals surface area contributed by atoms with E-state index in [0.717, 1.165) is 5.75 Å². The summed E-state index contributed by atoms with van der Waals surface area (Å²) in [6, 6.07) is 8.15. The van der Waals surface area contributed by atoms with E-state index in [1.54, 1.807) is 0 Å². The average molecular weight is 204 g/mol. The highest BCUT2D eigenvalue weighted by molar-refractivity contribution is 5.48. The van der Waals surface area contributed by atoms with Gasteiger partial charge in [0.2, 0.25) is 0 Å². The maximum absolute atomic E-state index is 6.02. The largest absolute Gasteiger partial charge is 0.484 e. The van der Waals surface area contributed by atoms with Crippen LogP contribution in [-0.4, -0.2) is 11.2 Å². The van der Waals surface area contributed by atoms with E-state index >= 15 is 0 Å². The molecule has 15 heavy (non-hydrogen) atoms. The molecule has 2 aliphatic rings. The highest BCUT2D eigenvalue weighted by atomic mass is 16.7. The van der Waals surface area contributed by atoms with Gasteiger partial charge < -0.3 is 9.47 Å². The highest BCUT2D eigenvalue weighted by Crippen LogP contribution is 2.65.